The Bertz CT molecular complexity index is 1360. The van der Waals surface area contributed by atoms with E-state index in [1.165, 1.54) is 10.9 Å². The van der Waals surface area contributed by atoms with Crippen LogP contribution < -0.4 is 5.56 Å². The van der Waals surface area contributed by atoms with Crippen molar-refractivity contribution >= 4 is 56.2 Å². The van der Waals surface area contributed by atoms with Gasteiger partial charge in [-0.15, -0.1) is 0 Å². The van der Waals surface area contributed by atoms with Gasteiger partial charge in [0.1, 0.15) is 17.3 Å². The van der Waals surface area contributed by atoms with E-state index in [9.17, 15) is 4.79 Å². The summed E-state index contributed by atoms with van der Waals surface area (Å²) in [6.07, 6.45) is 2.34. The van der Waals surface area contributed by atoms with Crippen LogP contribution in [0.3, 0.4) is 0 Å². The Hall–Kier alpha value is -2.41. The minimum absolute atomic E-state index is 0.0567. The Balaban J connectivity index is 1.75. The summed E-state index contributed by atoms with van der Waals surface area (Å²) in [4.78, 5) is 17.9. The molecule has 31 heavy (non-hydrogen) atoms. The Morgan fingerprint density at radius 1 is 1.16 bits per heavy atom. The van der Waals surface area contributed by atoms with Crippen molar-refractivity contribution < 1.29 is 4.42 Å². The largest absolute Gasteiger partial charge is 0.455 e. The summed E-state index contributed by atoms with van der Waals surface area (Å²) < 4.78 is 8.02. The fraction of sp³-hybridized carbons (Fsp3) is 0.174. The topological polar surface area (TPSA) is 60.4 Å². The highest BCUT2D eigenvalue weighted by molar-refractivity contribution is 9.10. The van der Waals surface area contributed by atoms with Gasteiger partial charge in [-0.25, -0.2) is 4.98 Å². The van der Waals surface area contributed by atoms with Crippen molar-refractivity contribution in [2.24, 2.45) is 5.10 Å². The van der Waals surface area contributed by atoms with E-state index in [4.69, 9.17) is 32.6 Å². The molecule has 2 aromatic heterocycles. The Morgan fingerprint density at radius 2 is 1.97 bits per heavy atom. The number of hydrogen-bond donors (Lipinski definition) is 0. The quantitative estimate of drug-likeness (QED) is 0.264. The molecule has 4 rings (SSSR count). The zero-order valence-corrected chi connectivity index (χ0v) is 19.9. The van der Waals surface area contributed by atoms with E-state index in [0.717, 1.165) is 16.5 Å². The summed E-state index contributed by atoms with van der Waals surface area (Å²) >= 11 is 15.5. The average Bonchev–Trinajstić information content (AvgIpc) is 3.23. The first-order valence-corrected chi connectivity index (χ1v) is 11.2. The molecule has 0 fully saturated rings. The average molecular weight is 519 g/mol. The molecule has 2 heterocycles. The van der Waals surface area contributed by atoms with Gasteiger partial charge in [-0.2, -0.15) is 9.78 Å². The van der Waals surface area contributed by atoms with Gasteiger partial charge in [-0.05, 0) is 55.0 Å². The fourth-order valence-corrected chi connectivity index (χ4v) is 3.78. The van der Waals surface area contributed by atoms with Gasteiger partial charge in [-0.3, -0.25) is 4.79 Å². The Labute approximate surface area is 197 Å². The van der Waals surface area contributed by atoms with Crippen LogP contribution >= 0.6 is 39.1 Å². The number of hydrogen-bond acceptors (Lipinski definition) is 4. The predicted molar refractivity (Wildman–Crippen MR) is 130 cm³/mol. The third-order valence-corrected chi connectivity index (χ3v) is 6.25. The first kappa shape index (κ1) is 21.8. The van der Waals surface area contributed by atoms with Crippen molar-refractivity contribution in [3.05, 3.63) is 85.0 Å². The number of aromatic nitrogens is 2. The van der Waals surface area contributed by atoms with Crippen LogP contribution in [-0.4, -0.2) is 15.9 Å². The number of rotatable bonds is 5. The van der Waals surface area contributed by atoms with Crippen LogP contribution in [0.1, 0.15) is 37.8 Å². The zero-order chi connectivity index (χ0) is 22.1. The Kier molecular flexibility index (Phi) is 6.32. The summed E-state index contributed by atoms with van der Waals surface area (Å²) in [5.41, 5.74) is 1.22. The van der Waals surface area contributed by atoms with Crippen LogP contribution in [0, 0.1) is 0 Å². The highest BCUT2D eigenvalue weighted by Gasteiger charge is 2.16. The summed E-state index contributed by atoms with van der Waals surface area (Å²) in [5.74, 6) is 1.78. The summed E-state index contributed by atoms with van der Waals surface area (Å²) in [6.45, 7) is 4.07. The monoisotopic (exact) mass is 517 g/mol. The highest BCUT2D eigenvalue weighted by Crippen LogP contribution is 2.29. The third-order valence-electron chi connectivity index (χ3n) is 5.02. The zero-order valence-electron chi connectivity index (χ0n) is 16.8. The molecule has 0 aliphatic heterocycles. The van der Waals surface area contributed by atoms with Gasteiger partial charge < -0.3 is 4.42 Å². The molecular formula is C23H18BrCl2N3O2. The standard InChI is InChI=1S/C23H18BrCl2N3O2/c1-3-13(2)22-28-20-8-5-15(24)11-17(20)23(30)29(22)27-12-16-6-9-21(31-16)14-4-7-18(25)19(26)10-14/h4-13H,3H2,1-2H3/t13-/m0/s1. The lowest BCUT2D eigenvalue weighted by atomic mass is 10.1. The maximum atomic E-state index is 13.2. The second kappa shape index (κ2) is 8.99. The number of fused-ring (bicyclic) bond motifs is 1. The van der Waals surface area contributed by atoms with Crippen molar-refractivity contribution in [2.75, 3.05) is 0 Å². The predicted octanol–water partition coefficient (Wildman–Crippen LogP) is 7.12. The van der Waals surface area contributed by atoms with E-state index < -0.39 is 0 Å². The smallest absolute Gasteiger partial charge is 0.282 e. The molecule has 0 unspecified atom stereocenters. The lowest BCUT2D eigenvalue weighted by Gasteiger charge is -2.13. The molecule has 1 atom stereocenters. The minimum Gasteiger partial charge on any atom is -0.455 e. The van der Waals surface area contributed by atoms with Crippen LogP contribution in [-0.2, 0) is 0 Å². The normalized spacial score (nSPS) is 12.7. The third kappa shape index (κ3) is 4.47. The van der Waals surface area contributed by atoms with Crippen LogP contribution in [0.5, 0.6) is 0 Å². The van der Waals surface area contributed by atoms with E-state index in [-0.39, 0.29) is 11.5 Å². The molecule has 0 bridgehead atoms. The van der Waals surface area contributed by atoms with Gasteiger partial charge >= 0.3 is 0 Å². The van der Waals surface area contributed by atoms with Crippen LogP contribution in [0.15, 0.2) is 67.3 Å². The van der Waals surface area contributed by atoms with Gasteiger partial charge in [0.05, 0.1) is 27.2 Å². The van der Waals surface area contributed by atoms with E-state index in [1.807, 2.05) is 38.1 Å². The highest BCUT2D eigenvalue weighted by atomic mass is 79.9. The summed E-state index contributed by atoms with van der Waals surface area (Å²) in [6, 6.07) is 14.3. The molecule has 8 heteroatoms. The number of furan rings is 1. The number of benzene rings is 2. The molecule has 4 aromatic rings. The van der Waals surface area contributed by atoms with E-state index >= 15 is 0 Å². The maximum absolute atomic E-state index is 13.2. The molecule has 5 nitrogen and oxygen atoms in total. The summed E-state index contributed by atoms with van der Waals surface area (Å²) in [7, 11) is 0. The van der Waals surface area contributed by atoms with Crippen molar-refractivity contribution in [3.8, 4) is 11.3 Å². The van der Waals surface area contributed by atoms with Crippen molar-refractivity contribution in [2.45, 2.75) is 26.2 Å². The van der Waals surface area contributed by atoms with E-state index in [0.29, 0.717) is 38.3 Å². The second-order valence-corrected chi connectivity index (χ2v) is 8.86. The van der Waals surface area contributed by atoms with E-state index in [1.54, 1.807) is 24.3 Å². The lowest BCUT2D eigenvalue weighted by Crippen LogP contribution is -2.23. The lowest BCUT2D eigenvalue weighted by molar-refractivity contribution is 0.571. The van der Waals surface area contributed by atoms with Gasteiger partial charge in [0.25, 0.3) is 5.56 Å². The van der Waals surface area contributed by atoms with Gasteiger partial charge in [0.2, 0.25) is 0 Å². The first-order chi connectivity index (χ1) is 14.9. The molecule has 0 spiro atoms. The molecule has 158 valence electrons. The number of halogens is 3. The first-order valence-electron chi connectivity index (χ1n) is 9.69. The number of nitrogens with zero attached hydrogens (tertiary/aromatic N) is 3. The van der Waals surface area contributed by atoms with Gasteiger partial charge in [0.15, 0.2) is 0 Å². The van der Waals surface area contributed by atoms with Gasteiger partial charge in [-0.1, -0.05) is 53.0 Å². The molecule has 0 aliphatic carbocycles. The molecular weight excluding hydrogens is 501 g/mol. The molecule has 0 saturated heterocycles. The van der Waals surface area contributed by atoms with Crippen molar-refractivity contribution in [3.63, 3.8) is 0 Å². The Morgan fingerprint density at radius 3 is 2.71 bits per heavy atom. The molecule has 0 amide bonds. The fourth-order valence-electron chi connectivity index (χ4n) is 3.12. The second-order valence-electron chi connectivity index (χ2n) is 7.13. The molecule has 0 saturated carbocycles. The molecule has 0 aliphatic rings. The minimum atomic E-state index is -0.228. The van der Waals surface area contributed by atoms with Crippen molar-refractivity contribution in [1.82, 2.24) is 9.66 Å². The van der Waals surface area contributed by atoms with Crippen LogP contribution in [0.2, 0.25) is 10.0 Å². The van der Waals surface area contributed by atoms with E-state index in [2.05, 4.69) is 21.0 Å². The SMILES string of the molecule is CC[C@H](C)c1nc2ccc(Br)cc2c(=O)n1N=Cc1ccc(-c2ccc(Cl)c(Cl)c2)o1. The summed E-state index contributed by atoms with van der Waals surface area (Å²) in [5, 5.41) is 5.84. The molecule has 2 aromatic carbocycles. The van der Waals surface area contributed by atoms with Gasteiger partial charge in [0, 0.05) is 16.0 Å². The maximum Gasteiger partial charge on any atom is 0.282 e. The van der Waals surface area contributed by atoms with Crippen LogP contribution in [0.4, 0.5) is 0 Å². The molecule has 0 N–H and O–H groups in total. The van der Waals surface area contributed by atoms with Crippen molar-refractivity contribution in [1.29, 1.82) is 0 Å². The van der Waals surface area contributed by atoms with Crippen LogP contribution in [0.25, 0.3) is 22.2 Å². The molecule has 0 radical (unpaired) electrons.